The number of hydrogen-bond acceptors (Lipinski definition) is 3. The molecule has 20 heavy (non-hydrogen) atoms. The van der Waals surface area contributed by atoms with Crippen molar-refractivity contribution >= 4 is 0 Å². The van der Waals surface area contributed by atoms with Gasteiger partial charge in [0.25, 0.3) is 0 Å². The van der Waals surface area contributed by atoms with E-state index >= 15 is 0 Å². The zero-order valence-corrected chi connectivity index (χ0v) is 11.6. The first-order chi connectivity index (χ1) is 9.70. The van der Waals surface area contributed by atoms with Crippen molar-refractivity contribution in [3.05, 3.63) is 47.0 Å². The van der Waals surface area contributed by atoms with E-state index in [4.69, 9.17) is 0 Å². The third kappa shape index (κ3) is 3.42. The van der Waals surface area contributed by atoms with Crippen LogP contribution in [0.5, 0.6) is 0 Å². The molecule has 0 aliphatic heterocycles. The summed E-state index contributed by atoms with van der Waals surface area (Å²) in [6, 6.07) is 4.83. The van der Waals surface area contributed by atoms with Gasteiger partial charge >= 0.3 is 0 Å². The Labute approximate surface area is 118 Å². The molecule has 4 nitrogen and oxygen atoms in total. The van der Waals surface area contributed by atoms with Crippen LogP contribution in [0, 0.1) is 18.7 Å². The number of nitrogens with zero attached hydrogens (tertiary/aromatic N) is 3. The van der Waals surface area contributed by atoms with E-state index in [1.165, 1.54) is 18.9 Å². The average Bonchev–Trinajstić information content (AvgIpc) is 3.12. The minimum atomic E-state index is -0.199. The van der Waals surface area contributed by atoms with Gasteiger partial charge in [0.2, 0.25) is 0 Å². The molecule has 0 radical (unpaired) electrons. The van der Waals surface area contributed by atoms with Crippen LogP contribution >= 0.6 is 0 Å². The molecule has 0 unspecified atom stereocenters. The quantitative estimate of drug-likeness (QED) is 0.878. The van der Waals surface area contributed by atoms with Crippen molar-refractivity contribution in [1.82, 2.24) is 20.3 Å². The first-order valence-corrected chi connectivity index (χ1v) is 7.05. The van der Waals surface area contributed by atoms with Gasteiger partial charge < -0.3 is 5.32 Å². The molecule has 1 N–H and O–H groups in total. The van der Waals surface area contributed by atoms with E-state index < -0.39 is 0 Å². The molecule has 1 saturated carbocycles. The second-order valence-corrected chi connectivity index (χ2v) is 5.55. The Balaban J connectivity index is 1.58. The Morgan fingerprint density at radius 2 is 2.25 bits per heavy atom. The van der Waals surface area contributed by atoms with Crippen LogP contribution in [0.2, 0.25) is 0 Å². The Morgan fingerprint density at radius 1 is 1.40 bits per heavy atom. The summed E-state index contributed by atoms with van der Waals surface area (Å²) in [5, 5.41) is 11.7. The summed E-state index contributed by atoms with van der Waals surface area (Å²) in [4.78, 5) is 0. The number of nitrogens with one attached hydrogen (secondary N) is 1. The van der Waals surface area contributed by atoms with Crippen LogP contribution in [0.25, 0.3) is 0 Å². The molecule has 106 valence electrons. The highest BCUT2D eigenvalue weighted by Gasteiger charge is 2.20. The van der Waals surface area contributed by atoms with Crippen LogP contribution in [0.4, 0.5) is 4.39 Å². The smallest absolute Gasteiger partial charge is 0.123 e. The number of benzene rings is 1. The highest BCUT2D eigenvalue weighted by molar-refractivity contribution is 5.26. The number of rotatable bonds is 6. The van der Waals surface area contributed by atoms with Crippen molar-refractivity contribution in [2.45, 2.75) is 32.9 Å². The Hall–Kier alpha value is -1.75. The maximum Gasteiger partial charge on any atom is 0.123 e. The van der Waals surface area contributed by atoms with E-state index in [0.717, 1.165) is 35.8 Å². The van der Waals surface area contributed by atoms with Crippen LogP contribution in [-0.4, -0.2) is 21.5 Å². The SMILES string of the molecule is Cc1cc(F)ccc1Cn1cc(CNCC2CC2)nn1. The second-order valence-electron chi connectivity index (χ2n) is 5.55. The predicted molar refractivity (Wildman–Crippen MR) is 74.7 cm³/mol. The minimum absolute atomic E-state index is 0.199. The Kier molecular flexibility index (Phi) is 3.78. The maximum atomic E-state index is 13.1. The molecule has 0 amide bonds. The van der Waals surface area contributed by atoms with Crippen molar-refractivity contribution in [2.75, 3.05) is 6.54 Å². The van der Waals surface area contributed by atoms with Crippen LogP contribution in [-0.2, 0) is 13.1 Å². The lowest BCUT2D eigenvalue weighted by molar-refractivity contribution is 0.618. The summed E-state index contributed by atoms with van der Waals surface area (Å²) in [7, 11) is 0. The molecule has 1 aliphatic carbocycles. The van der Waals surface area contributed by atoms with Gasteiger partial charge in [0.1, 0.15) is 5.82 Å². The number of aromatic nitrogens is 3. The normalized spacial score (nSPS) is 14.7. The van der Waals surface area contributed by atoms with Crippen LogP contribution < -0.4 is 5.32 Å². The van der Waals surface area contributed by atoms with Crippen LogP contribution in [0.3, 0.4) is 0 Å². The van der Waals surface area contributed by atoms with E-state index in [2.05, 4.69) is 15.6 Å². The summed E-state index contributed by atoms with van der Waals surface area (Å²) in [5.74, 6) is 0.668. The third-order valence-corrected chi connectivity index (χ3v) is 3.66. The predicted octanol–water partition coefficient (Wildman–Crippen LogP) is 2.27. The van der Waals surface area contributed by atoms with E-state index in [-0.39, 0.29) is 5.82 Å². The number of halogens is 1. The molecule has 0 saturated heterocycles. The first kappa shape index (κ1) is 13.2. The topological polar surface area (TPSA) is 42.7 Å². The number of aryl methyl sites for hydroxylation is 1. The van der Waals surface area contributed by atoms with E-state index in [1.54, 1.807) is 16.8 Å². The molecule has 0 atom stereocenters. The lowest BCUT2D eigenvalue weighted by atomic mass is 10.1. The van der Waals surface area contributed by atoms with Gasteiger partial charge in [0.05, 0.1) is 18.4 Å². The van der Waals surface area contributed by atoms with Crippen LogP contribution in [0.1, 0.15) is 29.7 Å². The lowest BCUT2D eigenvalue weighted by Gasteiger charge is -2.05. The van der Waals surface area contributed by atoms with Gasteiger partial charge in [-0.3, -0.25) is 0 Å². The average molecular weight is 274 g/mol. The van der Waals surface area contributed by atoms with Crippen molar-refractivity contribution in [1.29, 1.82) is 0 Å². The van der Waals surface area contributed by atoms with E-state index in [0.29, 0.717) is 6.54 Å². The molecule has 0 bridgehead atoms. The molecule has 3 rings (SSSR count). The summed E-state index contributed by atoms with van der Waals surface area (Å²) in [6.45, 7) is 4.37. The summed E-state index contributed by atoms with van der Waals surface area (Å²) < 4.78 is 14.9. The lowest BCUT2D eigenvalue weighted by Crippen LogP contribution is -2.16. The van der Waals surface area contributed by atoms with Crippen molar-refractivity contribution in [3.63, 3.8) is 0 Å². The third-order valence-electron chi connectivity index (χ3n) is 3.66. The van der Waals surface area contributed by atoms with Gasteiger partial charge in [0.15, 0.2) is 0 Å². The highest BCUT2D eigenvalue weighted by atomic mass is 19.1. The van der Waals surface area contributed by atoms with Gasteiger partial charge in [-0.15, -0.1) is 5.10 Å². The van der Waals surface area contributed by atoms with Crippen LogP contribution in [0.15, 0.2) is 24.4 Å². The minimum Gasteiger partial charge on any atom is -0.311 e. The van der Waals surface area contributed by atoms with Crippen molar-refractivity contribution in [2.24, 2.45) is 5.92 Å². The van der Waals surface area contributed by atoms with Crippen molar-refractivity contribution < 1.29 is 4.39 Å². The van der Waals surface area contributed by atoms with Gasteiger partial charge in [0, 0.05) is 6.54 Å². The largest absolute Gasteiger partial charge is 0.311 e. The highest BCUT2D eigenvalue weighted by Crippen LogP contribution is 2.27. The molecule has 1 fully saturated rings. The fourth-order valence-corrected chi connectivity index (χ4v) is 2.23. The molecule has 1 aromatic heterocycles. The molecule has 1 heterocycles. The molecular weight excluding hydrogens is 255 g/mol. The molecule has 5 heteroatoms. The maximum absolute atomic E-state index is 13.1. The van der Waals surface area contributed by atoms with E-state index in [1.807, 2.05) is 13.1 Å². The van der Waals surface area contributed by atoms with Crippen molar-refractivity contribution in [3.8, 4) is 0 Å². The fourth-order valence-electron chi connectivity index (χ4n) is 2.23. The zero-order valence-electron chi connectivity index (χ0n) is 11.6. The van der Waals surface area contributed by atoms with Gasteiger partial charge in [-0.2, -0.15) is 0 Å². The monoisotopic (exact) mass is 274 g/mol. The molecule has 1 aromatic carbocycles. The second kappa shape index (κ2) is 5.71. The van der Waals surface area contributed by atoms with Gasteiger partial charge in [-0.25, -0.2) is 9.07 Å². The fraction of sp³-hybridized carbons (Fsp3) is 0.467. The molecule has 2 aromatic rings. The number of hydrogen-bond donors (Lipinski definition) is 1. The summed E-state index contributed by atoms with van der Waals surface area (Å²) >= 11 is 0. The molecular formula is C15H19FN4. The van der Waals surface area contributed by atoms with Gasteiger partial charge in [-0.1, -0.05) is 11.3 Å². The first-order valence-electron chi connectivity index (χ1n) is 7.05. The van der Waals surface area contributed by atoms with E-state index in [9.17, 15) is 4.39 Å². The van der Waals surface area contributed by atoms with Gasteiger partial charge in [-0.05, 0) is 55.5 Å². The Bertz CT molecular complexity index is 589. The zero-order chi connectivity index (χ0) is 13.9. The Morgan fingerprint density at radius 3 is 3.00 bits per heavy atom. The standard InChI is InChI=1S/C15H19FN4/c1-11-6-14(16)5-4-13(11)9-20-10-15(18-19-20)8-17-7-12-2-3-12/h4-6,10,12,17H,2-3,7-9H2,1H3. The summed E-state index contributed by atoms with van der Waals surface area (Å²) in [6.07, 6.45) is 4.65. The molecule has 1 aliphatic rings. The summed E-state index contributed by atoms with van der Waals surface area (Å²) in [5.41, 5.74) is 2.95. The molecule has 0 spiro atoms.